The van der Waals surface area contributed by atoms with Gasteiger partial charge in [0.25, 0.3) is 0 Å². The zero-order valence-corrected chi connectivity index (χ0v) is 9.89. The zero-order valence-electron chi connectivity index (χ0n) is 9.89. The number of nitrogen functional groups attached to an aromatic ring is 1. The summed E-state index contributed by atoms with van der Waals surface area (Å²) in [5.74, 6) is -0.128. The number of para-hydroxylation sites is 2. The summed E-state index contributed by atoms with van der Waals surface area (Å²) in [5, 5.41) is 0. The number of hydrogen-bond donors (Lipinski definition) is 3. The quantitative estimate of drug-likeness (QED) is 0.566. The molecular formula is C14H15N3O. The van der Waals surface area contributed by atoms with E-state index in [0.29, 0.717) is 5.69 Å². The van der Waals surface area contributed by atoms with E-state index in [1.165, 1.54) is 0 Å². The van der Waals surface area contributed by atoms with Crippen molar-refractivity contribution in [2.75, 3.05) is 11.2 Å². The maximum atomic E-state index is 11.7. The van der Waals surface area contributed by atoms with Crippen LogP contribution in [0.25, 0.3) is 0 Å². The molecule has 1 amide bonds. The van der Waals surface area contributed by atoms with Gasteiger partial charge in [0, 0.05) is 5.69 Å². The van der Waals surface area contributed by atoms with Crippen LogP contribution in [0, 0.1) is 0 Å². The molecule has 0 saturated heterocycles. The summed E-state index contributed by atoms with van der Waals surface area (Å²) in [4.78, 5) is 11.7. The minimum absolute atomic E-state index is 0.128. The summed E-state index contributed by atoms with van der Waals surface area (Å²) in [6, 6.07) is 16.8. The molecule has 92 valence electrons. The van der Waals surface area contributed by atoms with Crippen molar-refractivity contribution in [1.29, 1.82) is 0 Å². The fourth-order valence-corrected chi connectivity index (χ4v) is 1.58. The highest BCUT2D eigenvalue weighted by Gasteiger charge is 2.05. The number of nitrogens with one attached hydrogen (secondary N) is 2. The van der Waals surface area contributed by atoms with Gasteiger partial charge in [-0.15, -0.1) is 0 Å². The lowest BCUT2D eigenvalue weighted by molar-refractivity contribution is -0.119. The lowest BCUT2D eigenvalue weighted by Gasteiger charge is -2.09. The first kappa shape index (κ1) is 12.0. The molecule has 18 heavy (non-hydrogen) atoms. The van der Waals surface area contributed by atoms with Gasteiger partial charge in [0.2, 0.25) is 5.91 Å². The Bertz CT molecular complexity index is 526. The Kier molecular flexibility index (Phi) is 3.81. The molecular weight excluding hydrogens is 226 g/mol. The third kappa shape index (κ3) is 3.25. The topological polar surface area (TPSA) is 67.2 Å². The molecule has 0 atom stereocenters. The average molecular weight is 241 g/mol. The van der Waals surface area contributed by atoms with Crippen LogP contribution in [-0.4, -0.2) is 5.91 Å². The standard InChI is InChI=1S/C14H15N3O/c15-13-9-5-4-6-11(13)10-14(18)17-16-12-7-2-1-3-8-12/h1-9,16H,10,15H2,(H,17,18). The number of hydrazine groups is 1. The number of amides is 1. The van der Waals surface area contributed by atoms with Crippen molar-refractivity contribution in [1.82, 2.24) is 5.43 Å². The van der Waals surface area contributed by atoms with E-state index in [1.54, 1.807) is 6.07 Å². The van der Waals surface area contributed by atoms with Crippen molar-refractivity contribution in [3.05, 3.63) is 60.2 Å². The van der Waals surface area contributed by atoms with Gasteiger partial charge in [0.05, 0.1) is 12.1 Å². The van der Waals surface area contributed by atoms with Gasteiger partial charge >= 0.3 is 0 Å². The van der Waals surface area contributed by atoms with Gasteiger partial charge in [-0.3, -0.25) is 15.6 Å². The van der Waals surface area contributed by atoms with Crippen molar-refractivity contribution in [3.63, 3.8) is 0 Å². The summed E-state index contributed by atoms with van der Waals surface area (Å²) in [5.41, 5.74) is 13.5. The summed E-state index contributed by atoms with van der Waals surface area (Å²) >= 11 is 0. The molecule has 0 bridgehead atoms. The summed E-state index contributed by atoms with van der Waals surface area (Å²) in [6.45, 7) is 0. The molecule has 4 heteroatoms. The summed E-state index contributed by atoms with van der Waals surface area (Å²) in [6.07, 6.45) is 0.256. The number of nitrogens with two attached hydrogens (primary N) is 1. The highest BCUT2D eigenvalue weighted by Crippen LogP contribution is 2.11. The first-order valence-electron chi connectivity index (χ1n) is 5.69. The Morgan fingerprint density at radius 2 is 1.67 bits per heavy atom. The molecule has 2 aromatic rings. The Labute approximate surface area is 106 Å². The molecule has 2 aromatic carbocycles. The fourth-order valence-electron chi connectivity index (χ4n) is 1.58. The fraction of sp³-hybridized carbons (Fsp3) is 0.0714. The van der Waals surface area contributed by atoms with Crippen molar-refractivity contribution < 1.29 is 4.79 Å². The second-order valence-electron chi connectivity index (χ2n) is 3.91. The smallest absolute Gasteiger partial charge is 0.242 e. The van der Waals surface area contributed by atoms with Crippen LogP contribution in [0.15, 0.2) is 54.6 Å². The van der Waals surface area contributed by atoms with Crippen molar-refractivity contribution >= 4 is 17.3 Å². The van der Waals surface area contributed by atoms with Crippen molar-refractivity contribution in [2.45, 2.75) is 6.42 Å². The van der Waals surface area contributed by atoms with Gasteiger partial charge in [-0.2, -0.15) is 0 Å². The van der Waals surface area contributed by atoms with Crippen LogP contribution < -0.4 is 16.6 Å². The molecule has 0 radical (unpaired) electrons. The van der Waals surface area contributed by atoms with E-state index in [4.69, 9.17) is 5.73 Å². The van der Waals surface area contributed by atoms with E-state index in [0.717, 1.165) is 11.3 Å². The van der Waals surface area contributed by atoms with Crippen LogP contribution in [0.4, 0.5) is 11.4 Å². The van der Waals surface area contributed by atoms with Crippen LogP contribution in [0.1, 0.15) is 5.56 Å². The van der Waals surface area contributed by atoms with Crippen molar-refractivity contribution in [2.24, 2.45) is 0 Å². The molecule has 0 unspecified atom stereocenters. The highest BCUT2D eigenvalue weighted by atomic mass is 16.2. The molecule has 0 aliphatic heterocycles. The lowest BCUT2D eigenvalue weighted by Crippen LogP contribution is -2.30. The van der Waals surface area contributed by atoms with E-state index < -0.39 is 0 Å². The second kappa shape index (κ2) is 5.72. The number of carbonyl (C=O) groups is 1. The van der Waals surface area contributed by atoms with Crippen LogP contribution in [0.3, 0.4) is 0 Å². The number of hydrogen-bond acceptors (Lipinski definition) is 3. The summed E-state index contributed by atoms with van der Waals surface area (Å²) in [7, 11) is 0. The van der Waals surface area contributed by atoms with Crippen molar-refractivity contribution in [3.8, 4) is 0 Å². The second-order valence-corrected chi connectivity index (χ2v) is 3.91. The van der Waals surface area contributed by atoms with Gasteiger partial charge in [-0.1, -0.05) is 36.4 Å². The van der Waals surface area contributed by atoms with Gasteiger partial charge in [-0.25, -0.2) is 0 Å². The molecule has 0 aliphatic rings. The maximum Gasteiger partial charge on any atom is 0.242 e. The first-order chi connectivity index (χ1) is 8.75. The van der Waals surface area contributed by atoms with E-state index in [9.17, 15) is 4.79 Å². The average Bonchev–Trinajstić information content (AvgIpc) is 2.40. The monoisotopic (exact) mass is 241 g/mol. The highest BCUT2D eigenvalue weighted by molar-refractivity contribution is 5.81. The molecule has 2 rings (SSSR count). The predicted octanol–water partition coefficient (Wildman–Crippen LogP) is 1.95. The maximum absolute atomic E-state index is 11.7. The Balaban J connectivity index is 1.88. The Hall–Kier alpha value is -2.49. The summed E-state index contributed by atoms with van der Waals surface area (Å²) < 4.78 is 0. The number of rotatable bonds is 4. The molecule has 0 heterocycles. The molecule has 0 spiro atoms. The molecule has 4 N–H and O–H groups in total. The van der Waals surface area contributed by atoms with Gasteiger partial charge in [0.15, 0.2) is 0 Å². The van der Waals surface area contributed by atoms with Crippen LogP contribution in [0.5, 0.6) is 0 Å². The van der Waals surface area contributed by atoms with Gasteiger partial charge < -0.3 is 5.73 Å². The lowest BCUT2D eigenvalue weighted by atomic mass is 10.1. The SMILES string of the molecule is Nc1ccccc1CC(=O)NNc1ccccc1. The molecule has 0 fully saturated rings. The van der Waals surface area contributed by atoms with E-state index in [-0.39, 0.29) is 12.3 Å². The molecule has 0 aromatic heterocycles. The normalized spacial score (nSPS) is 9.78. The number of benzene rings is 2. The first-order valence-corrected chi connectivity index (χ1v) is 5.69. The molecule has 0 saturated carbocycles. The van der Waals surface area contributed by atoms with Crippen LogP contribution >= 0.6 is 0 Å². The third-order valence-corrected chi connectivity index (χ3v) is 2.53. The van der Waals surface area contributed by atoms with E-state index in [2.05, 4.69) is 10.9 Å². The zero-order chi connectivity index (χ0) is 12.8. The van der Waals surface area contributed by atoms with Gasteiger partial charge in [0.1, 0.15) is 0 Å². The molecule has 4 nitrogen and oxygen atoms in total. The Morgan fingerprint density at radius 3 is 2.39 bits per heavy atom. The van der Waals surface area contributed by atoms with E-state index >= 15 is 0 Å². The predicted molar refractivity (Wildman–Crippen MR) is 72.8 cm³/mol. The largest absolute Gasteiger partial charge is 0.398 e. The Morgan fingerprint density at radius 1 is 1.00 bits per heavy atom. The third-order valence-electron chi connectivity index (χ3n) is 2.53. The minimum Gasteiger partial charge on any atom is -0.398 e. The molecule has 0 aliphatic carbocycles. The van der Waals surface area contributed by atoms with Crippen LogP contribution in [0.2, 0.25) is 0 Å². The van der Waals surface area contributed by atoms with E-state index in [1.807, 2.05) is 48.5 Å². The number of carbonyl (C=O) groups excluding carboxylic acids is 1. The van der Waals surface area contributed by atoms with Gasteiger partial charge in [-0.05, 0) is 23.8 Å². The number of anilines is 2. The minimum atomic E-state index is -0.128. The van der Waals surface area contributed by atoms with Crippen LogP contribution in [-0.2, 0) is 11.2 Å².